The Kier molecular flexibility index (Phi) is 5.00. The lowest BCUT2D eigenvalue weighted by molar-refractivity contribution is 0.0747. The van der Waals surface area contributed by atoms with Crippen molar-refractivity contribution in [1.29, 1.82) is 0 Å². The van der Waals surface area contributed by atoms with E-state index in [4.69, 9.17) is 10.3 Å². The molecule has 1 fully saturated rings. The van der Waals surface area contributed by atoms with Crippen molar-refractivity contribution in [2.75, 3.05) is 13.1 Å². The lowest BCUT2D eigenvalue weighted by atomic mass is 9.95. The molecule has 0 aliphatic carbocycles. The van der Waals surface area contributed by atoms with Crippen LogP contribution < -0.4 is 5.73 Å². The normalized spacial score (nSPS) is 20.8. The third-order valence-electron chi connectivity index (χ3n) is 5.02. The second kappa shape index (κ2) is 7.18. The molecule has 1 amide bonds. The number of rotatable bonds is 5. The van der Waals surface area contributed by atoms with Gasteiger partial charge >= 0.3 is 0 Å². The van der Waals surface area contributed by atoms with Gasteiger partial charge < -0.3 is 15.2 Å². The molecule has 0 saturated carbocycles. The van der Waals surface area contributed by atoms with E-state index in [1.165, 1.54) is 5.56 Å². The van der Waals surface area contributed by atoms with Crippen LogP contribution >= 0.6 is 0 Å². The predicted octanol–water partition coefficient (Wildman–Crippen LogP) is 3.15. The fraction of sp³-hybridized carbons (Fsp3) is 0.474. The van der Waals surface area contributed by atoms with Crippen molar-refractivity contribution in [3.05, 3.63) is 53.4 Å². The van der Waals surface area contributed by atoms with Crippen LogP contribution in [0.3, 0.4) is 0 Å². The molecule has 2 aromatic rings. The number of carbonyl (C=O) groups is 1. The Hall–Kier alpha value is -2.14. The summed E-state index contributed by atoms with van der Waals surface area (Å²) < 4.78 is 5.32. The molecule has 2 atom stereocenters. The van der Waals surface area contributed by atoms with Crippen LogP contribution in [0, 0.1) is 0 Å². The summed E-state index contributed by atoms with van der Waals surface area (Å²) in [6, 6.07) is 11.9. The van der Waals surface area contributed by atoms with Gasteiger partial charge in [-0.1, -0.05) is 49.3 Å². The minimum absolute atomic E-state index is 0.0576. The maximum Gasteiger partial charge on any atom is 0.292 e. The van der Waals surface area contributed by atoms with Gasteiger partial charge in [0.2, 0.25) is 5.76 Å². The SMILES string of the molecule is CCC(CC)c1cc(C(=O)N2C[C@@H](N)[C@H](c3ccccc3)C2)on1. The number of nitrogens with zero attached hydrogens (tertiary/aromatic N) is 2. The van der Waals surface area contributed by atoms with Crippen LogP contribution in [0.2, 0.25) is 0 Å². The summed E-state index contributed by atoms with van der Waals surface area (Å²) in [5.41, 5.74) is 8.32. The van der Waals surface area contributed by atoms with Crippen LogP contribution in [0.4, 0.5) is 0 Å². The number of aromatic nitrogens is 1. The van der Waals surface area contributed by atoms with E-state index in [0.29, 0.717) is 24.8 Å². The van der Waals surface area contributed by atoms with E-state index in [2.05, 4.69) is 31.1 Å². The molecule has 1 saturated heterocycles. The van der Waals surface area contributed by atoms with Gasteiger partial charge in [-0.3, -0.25) is 4.79 Å². The number of amides is 1. The number of likely N-dealkylation sites (tertiary alicyclic amines) is 1. The first-order chi connectivity index (χ1) is 11.6. The van der Waals surface area contributed by atoms with Crippen molar-refractivity contribution in [3.63, 3.8) is 0 Å². The molecule has 3 rings (SSSR count). The Balaban J connectivity index is 1.72. The molecule has 0 unspecified atom stereocenters. The van der Waals surface area contributed by atoms with E-state index in [0.717, 1.165) is 18.5 Å². The van der Waals surface area contributed by atoms with Crippen LogP contribution in [0.15, 0.2) is 40.9 Å². The lowest BCUT2D eigenvalue weighted by Crippen LogP contribution is -2.32. The molecule has 0 radical (unpaired) electrons. The monoisotopic (exact) mass is 327 g/mol. The van der Waals surface area contributed by atoms with Crippen LogP contribution in [0.25, 0.3) is 0 Å². The highest BCUT2D eigenvalue weighted by Crippen LogP contribution is 2.28. The molecule has 1 aliphatic rings. The molecule has 2 heterocycles. The molecule has 5 nitrogen and oxygen atoms in total. The van der Waals surface area contributed by atoms with Gasteiger partial charge in [-0.05, 0) is 18.4 Å². The Bertz CT molecular complexity index is 679. The third-order valence-corrected chi connectivity index (χ3v) is 5.02. The highest BCUT2D eigenvalue weighted by molar-refractivity contribution is 5.91. The van der Waals surface area contributed by atoms with Gasteiger partial charge in [-0.15, -0.1) is 0 Å². The predicted molar refractivity (Wildman–Crippen MR) is 92.9 cm³/mol. The largest absolute Gasteiger partial charge is 0.351 e. The van der Waals surface area contributed by atoms with Crippen LogP contribution in [0.1, 0.15) is 60.3 Å². The molecule has 0 bridgehead atoms. The molecule has 5 heteroatoms. The number of nitrogens with two attached hydrogens (primary N) is 1. The van der Waals surface area contributed by atoms with E-state index in [1.807, 2.05) is 18.2 Å². The molecule has 24 heavy (non-hydrogen) atoms. The average molecular weight is 327 g/mol. The topological polar surface area (TPSA) is 72.4 Å². The highest BCUT2D eigenvalue weighted by Gasteiger charge is 2.35. The molecule has 1 aromatic carbocycles. The van der Waals surface area contributed by atoms with Crippen molar-refractivity contribution >= 4 is 5.91 Å². The standard InChI is InChI=1S/C19H25N3O2/c1-3-13(4-2)17-10-18(24-21-17)19(23)22-11-15(16(20)12-22)14-8-6-5-7-9-14/h5-10,13,15-16H,3-4,11-12,20H2,1-2H3/t15-,16+/m0/s1. The van der Waals surface area contributed by atoms with E-state index in [9.17, 15) is 4.79 Å². The molecule has 0 spiro atoms. The van der Waals surface area contributed by atoms with Gasteiger partial charge in [0.05, 0.1) is 5.69 Å². The zero-order chi connectivity index (χ0) is 17.1. The number of hydrogen-bond acceptors (Lipinski definition) is 4. The first-order valence-electron chi connectivity index (χ1n) is 8.70. The summed E-state index contributed by atoms with van der Waals surface area (Å²) in [6.45, 7) is 5.40. The van der Waals surface area contributed by atoms with E-state index in [1.54, 1.807) is 11.0 Å². The fourth-order valence-corrected chi connectivity index (χ4v) is 3.49. The van der Waals surface area contributed by atoms with Gasteiger partial charge in [0.15, 0.2) is 0 Å². The first-order valence-corrected chi connectivity index (χ1v) is 8.70. The van der Waals surface area contributed by atoms with Crippen molar-refractivity contribution in [1.82, 2.24) is 10.1 Å². The quantitative estimate of drug-likeness (QED) is 0.915. The summed E-state index contributed by atoms with van der Waals surface area (Å²) in [4.78, 5) is 14.5. The average Bonchev–Trinajstić information content (AvgIpc) is 3.23. The maximum absolute atomic E-state index is 12.7. The Labute approximate surface area is 142 Å². The molecule has 1 aromatic heterocycles. The van der Waals surface area contributed by atoms with Gasteiger partial charge in [0.1, 0.15) is 0 Å². The van der Waals surface area contributed by atoms with Crippen molar-refractivity contribution in [3.8, 4) is 0 Å². The maximum atomic E-state index is 12.7. The molecule has 2 N–H and O–H groups in total. The molecule has 128 valence electrons. The van der Waals surface area contributed by atoms with Gasteiger partial charge in [0.25, 0.3) is 5.91 Å². The summed E-state index contributed by atoms with van der Waals surface area (Å²) in [5.74, 6) is 0.705. The molecular formula is C19H25N3O2. The Morgan fingerprint density at radius 1 is 1.29 bits per heavy atom. The van der Waals surface area contributed by atoms with Crippen molar-refractivity contribution in [2.45, 2.75) is 44.6 Å². The zero-order valence-electron chi connectivity index (χ0n) is 14.3. The fourth-order valence-electron chi connectivity index (χ4n) is 3.49. The second-order valence-corrected chi connectivity index (χ2v) is 6.52. The number of hydrogen-bond donors (Lipinski definition) is 1. The van der Waals surface area contributed by atoms with Crippen molar-refractivity contribution < 1.29 is 9.32 Å². The number of benzene rings is 1. The van der Waals surface area contributed by atoms with E-state index >= 15 is 0 Å². The smallest absolute Gasteiger partial charge is 0.292 e. The minimum Gasteiger partial charge on any atom is -0.351 e. The van der Waals surface area contributed by atoms with E-state index < -0.39 is 0 Å². The third kappa shape index (κ3) is 3.22. The summed E-state index contributed by atoms with van der Waals surface area (Å²) in [5, 5.41) is 4.09. The first kappa shape index (κ1) is 16.7. The lowest BCUT2D eigenvalue weighted by Gasteiger charge is -2.15. The number of carbonyl (C=O) groups excluding carboxylic acids is 1. The van der Waals surface area contributed by atoms with Crippen LogP contribution in [0.5, 0.6) is 0 Å². The van der Waals surface area contributed by atoms with Gasteiger partial charge in [0, 0.05) is 37.0 Å². The summed E-state index contributed by atoms with van der Waals surface area (Å²) in [7, 11) is 0. The highest BCUT2D eigenvalue weighted by atomic mass is 16.5. The summed E-state index contributed by atoms with van der Waals surface area (Å²) >= 11 is 0. The van der Waals surface area contributed by atoms with Gasteiger partial charge in [-0.2, -0.15) is 0 Å². The summed E-state index contributed by atoms with van der Waals surface area (Å²) in [6.07, 6.45) is 1.97. The molecular weight excluding hydrogens is 302 g/mol. The van der Waals surface area contributed by atoms with Crippen LogP contribution in [-0.2, 0) is 0 Å². The van der Waals surface area contributed by atoms with Gasteiger partial charge in [-0.25, -0.2) is 0 Å². The van der Waals surface area contributed by atoms with Crippen molar-refractivity contribution in [2.24, 2.45) is 5.73 Å². The van der Waals surface area contributed by atoms with E-state index in [-0.39, 0.29) is 17.9 Å². The zero-order valence-corrected chi connectivity index (χ0v) is 14.3. The van der Waals surface area contributed by atoms with Crippen LogP contribution in [-0.4, -0.2) is 35.1 Å². The Morgan fingerprint density at radius 3 is 2.67 bits per heavy atom. The second-order valence-electron chi connectivity index (χ2n) is 6.52. The molecule has 1 aliphatic heterocycles. The Morgan fingerprint density at radius 2 is 2.00 bits per heavy atom. The minimum atomic E-state index is -0.117.